The van der Waals surface area contributed by atoms with Crippen LogP contribution in [0.5, 0.6) is 5.88 Å². The minimum absolute atomic E-state index is 0.0192. The number of aromatic amines is 1. The second kappa shape index (κ2) is 8.66. The number of hydrogen-bond acceptors (Lipinski definition) is 7. The van der Waals surface area contributed by atoms with Gasteiger partial charge >= 0.3 is 5.69 Å². The molecule has 0 amide bonds. The van der Waals surface area contributed by atoms with Gasteiger partial charge in [0.2, 0.25) is 5.88 Å². The molecule has 156 valence electrons. The van der Waals surface area contributed by atoms with E-state index in [4.69, 9.17) is 16.7 Å². The van der Waals surface area contributed by atoms with Crippen molar-refractivity contribution in [3.63, 3.8) is 0 Å². The predicted octanol–water partition coefficient (Wildman–Crippen LogP) is 1.40. The number of halogens is 1. The topological polar surface area (TPSA) is 142 Å². The number of aliphatic hydroxyl groups excluding tert-OH is 1. The maximum absolute atomic E-state index is 12.2. The van der Waals surface area contributed by atoms with Crippen molar-refractivity contribution in [3.05, 3.63) is 80.0 Å². The molecule has 2 aromatic carbocycles. The zero-order valence-electron chi connectivity index (χ0n) is 15.3. The molecule has 11 heteroatoms. The Labute approximate surface area is 175 Å². The molecule has 0 spiro atoms. The molecule has 1 heterocycles. The fraction of sp³-hybridized carbons (Fsp3) is 0.105. The first kappa shape index (κ1) is 21.5. The average molecular weight is 450 g/mol. The molecular weight excluding hydrogens is 434 g/mol. The van der Waals surface area contributed by atoms with Crippen LogP contribution in [0.1, 0.15) is 5.56 Å². The molecule has 0 unspecified atom stereocenters. The van der Waals surface area contributed by atoms with E-state index in [1.807, 2.05) is 0 Å². The number of nitrogens with zero attached hydrogens (tertiary/aromatic N) is 2. The molecule has 0 radical (unpaired) electrons. The van der Waals surface area contributed by atoms with Gasteiger partial charge in [0.25, 0.3) is 5.56 Å². The Bertz CT molecular complexity index is 1330. The molecule has 0 fully saturated rings. The van der Waals surface area contributed by atoms with Crippen molar-refractivity contribution in [2.75, 3.05) is 12.4 Å². The fourth-order valence-corrected chi connectivity index (χ4v) is 3.84. The van der Waals surface area contributed by atoms with E-state index < -0.39 is 39.3 Å². The van der Waals surface area contributed by atoms with Crippen LogP contribution in [-0.2, 0) is 9.84 Å². The number of H-pyrrole nitrogens is 1. The number of aliphatic hydroxyl groups is 1. The van der Waals surface area contributed by atoms with Gasteiger partial charge in [-0.2, -0.15) is 0 Å². The predicted molar refractivity (Wildman–Crippen MR) is 112 cm³/mol. The number of benzene rings is 2. The second-order valence-electron chi connectivity index (χ2n) is 6.11. The summed E-state index contributed by atoms with van der Waals surface area (Å²) in [6.07, 6.45) is 1.06. The summed E-state index contributed by atoms with van der Waals surface area (Å²) in [6, 6.07) is 11.6. The van der Waals surface area contributed by atoms with Gasteiger partial charge in [-0.15, -0.1) is 0 Å². The number of rotatable bonds is 6. The molecule has 0 atom stereocenters. The van der Waals surface area contributed by atoms with Gasteiger partial charge in [-0.25, -0.2) is 17.8 Å². The minimum atomic E-state index is -3.60. The highest BCUT2D eigenvalue weighted by Gasteiger charge is 2.15. The number of hydrogen-bond donors (Lipinski definition) is 3. The van der Waals surface area contributed by atoms with Crippen molar-refractivity contribution in [1.82, 2.24) is 9.55 Å². The van der Waals surface area contributed by atoms with E-state index in [1.54, 1.807) is 12.1 Å². The monoisotopic (exact) mass is 449 g/mol. The zero-order valence-corrected chi connectivity index (χ0v) is 16.9. The van der Waals surface area contributed by atoms with Crippen LogP contribution >= 0.6 is 11.6 Å². The van der Waals surface area contributed by atoms with Crippen LogP contribution in [0.4, 0.5) is 5.69 Å². The van der Waals surface area contributed by atoms with E-state index >= 15 is 0 Å². The standard InChI is InChI=1S/C19H16ClN3O6S/c20-12-2-1-3-14(10-12)23-18(26)16(17(25)22-19(23)27)11-21-13-4-6-15(7-5-13)30(28,29)9-8-24/h1-7,10-11,24,26H,8-9H2,(H,22,25,27). The smallest absolute Gasteiger partial charge is 0.335 e. The molecule has 0 aliphatic heterocycles. The quantitative estimate of drug-likeness (QED) is 0.485. The number of aromatic hydroxyl groups is 1. The van der Waals surface area contributed by atoms with Crippen molar-refractivity contribution in [3.8, 4) is 11.6 Å². The SMILES string of the molecule is O=c1[nH]c(=O)n(-c2cccc(Cl)c2)c(O)c1C=Nc1ccc(S(=O)(=O)CCO)cc1. The van der Waals surface area contributed by atoms with Gasteiger partial charge in [0.1, 0.15) is 5.56 Å². The number of nitrogens with one attached hydrogen (secondary N) is 1. The van der Waals surface area contributed by atoms with Crippen molar-refractivity contribution < 1.29 is 18.6 Å². The summed E-state index contributed by atoms with van der Waals surface area (Å²) in [6.45, 7) is -0.493. The third-order valence-electron chi connectivity index (χ3n) is 4.09. The van der Waals surface area contributed by atoms with E-state index in [0.29, 0.717) is 10.7 Å². The number of aliphatic imine (C=N–C) groups is 1. The van der Waals surface area contributed by atoms with Gasteiger partial charge in [-0.05, 0) is 42.5 Å². The van der Waals surface area contributed by atoms with Gasteiger partial charge in [-0.1, -0.05) is 17.7 Å². The summed E-state index contributed by atoms with van der Waals surface area (Å²) in [4.78, 5) is 30.5. The van der Waals surface area contributed by atoms with Crippen LogP contribution in [-0.4, -0.2) is 46.8 Å². The Hall–Kier alpha value is -3.21. The first-order valence-corrected chi connectivity index (χ1v) is 10.6. The Morgan fingerprint density at radius 2 is 1.83 bits per heavy atom. The largest absolute Gasteiger partial charge is 0.493 e. The third kappa shape index (κ3) is 4.51. The summed E-state index contributed by atoms with van der Waals surface area (Å²) in [5, 5.41) is 19.6. The molecule has 3 rings (SSSR count). The highest BCUT2D eigenvalue weighted by molar-refractivity contribution is 7.91. The molecule has 1 aromatic heterocycles. The van der Waals surface area contributed by atoms with Crippen LogP contribution in [0.2, 0.25) is 5.02 Å². The molecule has 0 saturated carbocycles. The van der Waals surface area contributed by atoms with Crippen LogP contribution in [0, 0.1) is 0 Å². The van der Waals surface area contributed by atoms with Crippen molar-refractivity contribution in [2.45, 2.75) is 4.90 Å². The lowest BCUT2D eigenvalue weighted by atomic mass is 10.3. The molecule has 0 bridgehead atoms. The lowest BCUT2D eigenvalue weighted by molar-refractivity contribution is 0.319. The summed E-state index contributed by atoms with van der Waals surface area (Å²) >= 11 is 5.92. The molecule has 0 aliphatic rings. The van der Waals surface area contributed by atoms with Gasteiger partial charge in [0, 0.05) is 11.2 Å². The van der Waals surface area contributed by atoms with Crippen molar-refractivity contribution in [1.29, 1.82) is 0 Å². The number of sulfone groups is 1. The third-order valence-corrected chi connectivity index (χ3v) is 6.03. The maximum atomic E-state index is 12.2. The van der Waals surface area contributed by atoms with E-state index in [1.165, 1.54) is 36.4 Å². The van der Waals surface area contributed by atoms with E-state index in [2.05, 4.69) is 9.98 Å². The Morgan fingerprint density at radius 3 is 2.47 bits per heavy atom. The molecule has 3 aromatic rings. The highest BCUT2D eigenvalue weighted by atomic mass is 35.5. The lowest BCUT2D eigenvalue weighted by Gasteiger charge is -2.09. The first-order valence-electron chi connectivity index (χ1n) is 8.55. The van der Waals surface area contributed by atoms with Gasteiger partial charge < -0.3 is 10.2 Å². The second-order valence-corrected chi connectivity index (χ2v) is 8.65. The lowest BCUT2D eigenvalue weighted by Crippen LogP contribution is -2.31. The highest BCUT2D eigenvalue weighted by Crippen LogP contribution is 2.20. The summed E-state index contributed by atoms with van der Waals surface area (Å²) in [7, 11) is -3.60. The molecular formula is C19H16ClN3O6S. The van der Waals surface area contributed by atoms with Gasteiger partial charge in [-0.3, -0.25) is 14.8 Å². The van der Waals surface area contributed by atoms with Crippen molar-refractivity contribution >= 4 is 33.3 Å². The summed E-state index contributed by atoms with van der Waals surface area (Å²) in [5.41, 5.74) is -1.42. The van der Waals surface area contributed by atoms with Gasteiger partial charge in [0.05, 0.1) is 28.6 Å². The normalized spacial score (nSPS) is 11.8. The van der Waals surface area contributed by atoms with Crippen LogP contribution < -0.4 is 11.2 Å². The summed E-state index contributed by atoms with van der Waals surface area (Å²) < 4.78 is 24.7. The van der Waals surface area contributed by atoms with E-state index in [-0.39, 0.29) is 16.1 Å². The van der Waals surface area contributed by atoms with E-state index in [9.17, 15) is 23.1 Å². The minimum Gasteiger partial charge on any atom is -0.493 e. The van der Waals surface area contributed by atoms with Gasteiger partial charge in [0.15, 0.2) is 9.84 Å². The first-order chi connectivity index (χ1) is 14.2. The zero-order chi connectivity index (χ0) is 21.9. The average Bonchev–Trinajstić information content (AvgIpc) is 2.68. The molecule has 0 saturated heterocycles. The molecule has 30 heavy (non-hydrogen) atoms. The number of aromatic nitrogens is 2. The molecule has 3 N–H and O–H groups in total. The summed E-state index contributed by atoms with van der Waals surface area (Å²) in [5.74, 6) is -1.03. The Balaban J connectivity index is 1.99. The molecule has 0 aliphatic carbocycles. The fourth-order valence-electron chi connectivity index (χ4n) is 2.63. The van der Waals surface area contributed by atoms with Crippen LogP contribution in [0.15, 0.2) is 68.0 Å². The van der Waals surface area contributed by atoms with Crippen LogP contribution in [0.25, 0.3) is 5.69 Å². The van der Waals surface area contributed by atoms with E-state index in [0.717, 1.165) is 10.8 Å². The maximum Gasteiger partial charge on any atom is 0.335 e. The van der Waals surface area contributed by atoms with Crippen LogP contribution in [0.3, 0.4) is 0 Å². The molecule has 9 nitrogen and oxygen atoms in total. The Morgan fingerprint density at radius 1 is 1.13 bits per heavy atom. The Kier molecular flexibility index (Phi) is 6.20. The van der Waals surface area contributed by atoms with Crippen molar-refractivity contribution in [2.24, 2.45) is 4.99 Å².